The Balaban J connectivity index is 1.32. The van der Waals surface area contributed by atoms with Gasteiger partial charge >= 0.3 is 0 Å². The van der Waals surface area contributed by atoms with E-state index in [9.17, 15) is 14.0 Å². The normalized spacial score (nSPS) is 15.3. The maximum absolute atomic E-state index is 13.2. The number of piperidine rings is 1. The molecule has 1 aromatic heterocycles. The molecule has 7 heteroatoms. The van der Waals surface area contributed by atoms with E-state index in [-0.39, 0.29) is 29.5 Å². The van der Waals surface area contributed by atoms with Crippen LogP contribution in [-0.2, 0) is 11.3 Å². The number of nitrogens with zero attached hydrogens (tertiary/aromatic N) is 2. The van der Waals surface area contributed by atoms with Gasteiger partial charge in [-0.25, -0.2) is 9.37 Å². The number of aromatic nitrogens is 1. The molecule has 172 valence electrons. The summed E-state index contributed by atoms with van der Waals surface area (Å²) in [5, 5.41) is 3.75. The van der Waals surface area contributed by atoms with Crippen LogP contribution in [0.25, 0.3) is 10.6 Å². The van der Waals surface area contributed by atoms with Crippen molar-refractivity contribution in [1.29, 1.82) is 0 Å². The molecular formula is C26H28FN3O2S. The smallest absolute Gasteiger partial charge is 0.265 e. The van der Waals surface area contributed by atoms with E-state index in [4.69, 9.17) is 0 Å². The molecule has 0 radical (unpaired) electrons. The quantitative estimate of drug-likeness (QED) is 0.553. The van der Waals surface area contributed by atoms with Crippen LogP contribution in [0.4, 0.5) is 4.39 Å². The highest BCUT2D eigenvalue weighted by molar-refractivity contribution is 7.17. The highest BCUT2D eigenvalue weighted by Crippen LogP contribution is 2.31. The SMILES string of the molecule is Cc1nc(-c2ccc(F)cc2)sc1C(=O)N1CCC([C@@H](C)C(=O)NCc2ccccc2)CC1. The van der Waals surface area contributed by atoms with E-state index in [1.54, 1.807) is 12.1 Å². The second kappa shape index (κ2) is 10.3. The van der Waals surface area contributed by atoms with Gasteiger partial charge < -0.3 is 10.2 Å². The lowest BCUT2D eigenvalue weighted by molar-refractivity contribution is -0.126. The van der Waals surface area contributed by atoms with Crippen molar-refractivity contribution in [3.8, 4) is 10.6 Å². The van der Waals surface area contributed by atoms with Crippen LogP contribution in [0.3, 0.4) is 0 Å². The molecule has 1 aliphatic heterocycles. The standard InChI is InChI=1S/C26H28FN3O2S/c1-17(24(31)28-16-19-6-4-3-5-7-19)20-12-14-30(15-13-20)26(32)23-18(2)29-25(33-23)21-8-10-22(27)11-9-21/h3-11,17,20H,12-16H2,1-2H3,(H,28,31)/t17-/m1/s1. The number of amides is 2. The lowest BCUT2D eigenvalue weighted by Gasteiger charge is -2.34. The van der Waals surface area contributed by atoms with Gasteiger partial charge in [-0.15, -0.1) is 11.3 Å². The number of carbonyl (C=O) groups is 2. The van der Waals surface area contributed by atoms with Crippen LogP contribution in [0.15, 0.2) is 54.6 Å². The summed E-state index contributed by atoms with van der Waals surface area (Å²) in [5.74, 6) is -0.0959. The summed E-state index contributed by atoms with van der Waals surface area (Å²) >= 11 is 1.35. The van der Waals surface area contributed by atoms with Gasteiger partial charge in [-0.2, -0.15) is 0 Å². The monoisotopic (exact) mass is 465 g/mol. The molecular weight excluding hydrogens is 437 g/mol. The van der Waals surface area contributed by atoms with Crippen LogP contribution >= 0.6 is 11.3 Å². The molecule has 4 rings (SSSR count). The average Bonchev–Trinajstić information content (AvgIpc) is 3.24. The minimum Gasteiger partial charge on any atom is -0.352 e. The summed E-state index contributed by atoms with van der Waals surface area (Å²) in [7, 11) is 0. The third-order valence-electron chi connectivity index (χ3n) is 6.34. The Hall–Kier alpha value is -3.06. The van der Waals surface area contributed by atoms with E-state index in [0.717, 1.165) is 29.0 Å². The second-order valence-electron chi connectivity index (χ2n) is 8.56. The number of hydrogen-bond donors (Lipinski definition) is 1. The van der Waals surface area contributed by atoms with Gasteiger partial charge in [0.05, 0.1) is 5.69 Å². The summed E-state index contributed by atoms with van der Waals surface area (Å²) in [6.45, 7) is 5.60. The number of thiazole rings is 1. The molecule has 1 fully saturated rings. The molecule has 3 aromatic rings. The number of rotatable bonds is 6. The van der Waals surface area contributed by atoms with Crippen molar-refractivity contribution in [3.63, 3.8) is 0 Å². The summed E-state index contributed by atoms with van der Waals surface area (Å²) in [6.07, 6.45) is 1.60. The predicted octanol–water partition coefficient (Wildman–Crippen LogP) is 5.06. The van der Waals surface area contributed by atoms with Crippen LogP contribution in [0.5, 0.6) is 0 Å². The largest absolute Gasteiger partial charge is 0.352 e. The topological polar surface area (TPSA) is 62.3 Å². The van der Waals surface area contributed by atoms with Gasteiger partial charge in [0.15, 0.2) is 0 Å². The van der Waals surface area contributed by atoms with Crippen LogP contribution < -0.4 is 5.32 Å². The van der Waals surface area contributed by atoms with Crippen molar-refractivity contribution in [3.05, 3.63) is 76.5 Å². The number of nitrogens with one attached hydrogen (secondary N) is 1. The van der Waals surface area contributed by atoms with Gasteiger partial charge in [0.1, 0.15) is 15.7 Å². The maximum atomic E-state index is 13.2. The molecule has 2 heterocycles. The van der Waals surface area contributed by atoms with E-state index < -0.39 is 0 Å². The zero-order valence-corrected chi connectivity index (χ0v) is 19.7. The minimum absolute atomic E-state index is 0.0157. The minimum atomic E-state index is -0.297. The molecule has 0 aliphatic carbocycles. The first-order valence-corrected chi connectivity index (χ1v) is 12.1. The van der Waals surface area contributed by atoms with Crippen LogP contribution in [0.2, 0.25) is 0 Å². The number of aryl methyl sites for hydroxylation is 1. The molecule has 0 bridgehead atoms. The lowest BCUT2D eigenvalue weighted by Crippen LogP contribution is -2.42. The zero-order valence-electron chi connectivity index (χ0n) is 18.9. The Morgan fingerprint density at radius 3 is 2.45 bits per heavy atom. The number of carbonyl (C=O) groups excluding carboxylic acids is 2. The van der Waals surface area contributed by atoms with E-state index >= 15 is 0 Å². The Morgan fingerprint density at radius 2 is 1.79 bits per heavy atom. The number of likely N-dealkylation sites (tertiary alicyclic amines) is 1. The Morgan fingerprint density at radius 1 is 1.12 bits per heavy atom. The number of benzene rings is 2. The summed E-state index contributed by atoms with van der Waals surface area (Å²) in [6, 6.07) is 16.0. The van der Waals surface area contributed by atoms with E-state index in [1.807, 2.05) is 49.1 Å². The van der Waals surface area contributed by atoms with E-state index in [2.05, 4.69) is 10.3 Å². The van der Waals surface area contributed by atoms with Crippen molar-refractivity contribution in [2.24, 2.45) is 11.8 Å². The van der Waals surface area contributed by atoms with Gasteiger partial charge in [-0.1, -0.05) is 37.3 Å². The Labute approximate surface area is 197 Å². The van der Waals surface area contributed by atoms with Crippen molar-refractivity contribution in [1.82, 2.24) is 15.2 Å². The van der Waals surface area contributed by atoms with E-state index in [0.29, 0.717) is 30.2 Å². The maximum Gasteiger partial charge on any atom is 0.265 e. The van der Waals surface area contributed by atoms with Gasteiger partial charge in [-0.05, 0) is 55.5 Å². The molecule has 1 aliphatic rings. The fourth-order valence-corrected chi connectivity index (χ4v) is 5.26. The Kier molecular flexibility index (Phi) is 7.18. The van der Waals surface area contributed by atoms with Crippen LogP contribution in [0, 0.1) is 24.6 Å². The molecule has 0 spiro atoms. The highest BCUT2D eigenvalue weighted by atomic mass is 32.1. The number of hydrogen-bond acceptors (Lipinski definition) is 4. The lowest BCUT2D eigenvalue weighted by atomic mass is 9.84. The van der Waals surface area contributed by atoms with Gasteiger partial charge in [0.25, 0.3) is 5.91 Å². The van der Waals surface area contributed by atoms with Crippen LogP contribution in [0.1, 0.15) is 40.7 Å². The van der Waals surface area contributed by atoms with Crippen LogP contribution in [-0.4, -0.2) is 34.8 Å². The Bertz CT molecular complexity index is 1110. The molecule has 0 unspecified atom stereocenters. The van der Waals surface area contributed by atoms with Crippen molar-refractivity contribution in [2.45, 2.75) is 33.2 Å². The number of halogens is 1. The first kappa shape index (κ1) is 23.1. The molecule has 1 N–H and O–H groups in total. The molecule has 2 amide bonds. The molecule has 1 saturated heterocycles. The average molecular weight is 466 g/mol. The zero-order chi connectivity index (χ0) is 23.4. The first-order chi connectivity index (χ1) is 15.9. The van der Waals surface area contributed by atoms with Gasteiger partial charge in [0.2, 0.25) is 5.91 Å². The molecule has 33 heavy (non-hydrogen) atoms. The highest BCUT2D eigenvalue weighted by Gasteiger charge is 2.31. The molecule has 2 aromatic carbocycles. The van der Waals surface area contributed by atoms with Crippen molar-refractivity contribution < 1.29 is 14.0 Å². The fraction of sp³-hybridized carbons (Fsp3) is 0.346. The predicted molar refractivity (Wildman–Crippen MR) is 128 cm³/mol. The summed E-state index contributed by atoms with van der Waals surface area (Å²) in [5.41, 5.74) is 2.58. The second-order valence-corrected chi connectivity index (χ2v) is 9.56. The summed E-state index contributed by atoms with van der Waals surface area (Å²) in [4.78, 5) is 32.8. The van der Waals surface area contributed by atoms with Crippen molar-refractivity contribution >= 4 is 23.2 Å². The fourth-order valence-electron chi connectivity index (χ4n) is 4.22. The molecule has 1 atom stereocenters. The summed E-state index contributed by atoms with van der Waals surface area (Å²) < 4.78 is 13.2. The third kappa shape index (κ3) is 5.47. The molecule has 5 nitrogen and oxygen atoms in total. The third-order valence-corrected chi connectivity index (χ3v) is 7.53. The first-order valence-electron chi connectivity index (χ1n) is 11.3. The van der Waals surface area contributed by atoms with Gasteiger partial charge in [-0.3, -0.25) is 9.59 Å². The van der Waals surface area contributed by atoms with Gasteiger partial charge in [0, 0.05) is 31.1 Å². The van der Waals surface area contributed by atoms with Crippen molar-refractivity contribution in [2.75, 3.05) is 13.1 Å². The molecule has 0 saturated carbocycles. The van der Waals surface area contributed by atoms with E-state index in [1.165, 1.54) is 23.5 Å².